The standard InChI is InChI=1S/C21H21N5O3/c1-28-13-7-8-18-17(9-13)22-19(27)12-26(18)20-15-5-3-4-6-16(15)23-21(24-20)25-10-14(11-25)29-2/h3-9,14H,10-12H2,1-2H3,(H,22,27). The molecule has 1 fully saturated rings. The van der Waals surface area contributed by atoms with Crippen LogP contribution in [-0.4, -0.2) is 55.8 Å². The Kier molecular flexibility index (Phi) is 4.21. The number of amides is 1. The topological polar surface area (TPSA) is 79.8 Å². The van der Waals surface area contributed by atoms with Gasteiger partial charge < -0.3 is 24.6 Å². The van der Waals surface area contributed by atoms with E-state index in [0.29, 0.717) is 23.2 Å². The highest BCUT2D eigenvalue weighted by atomic mass is 16.5. The van der Waals surface area contributed by atoms with Crippen molar-refractivity contribution in [3.05, 3.63) is 42.5 Å². The van der Waals surface area contributed by atoms with Crippen LogP contribution in [0.2, 0.25) is 0 Å². The number of carbonyl (C=O) groups is 1. The predicted molar refractivity (Wildman–Crippen MR) is 111 cm³/mol. The van der Waals surface area contributed by atoms with Crippen molar-refractivity contribution in [1.29, 1.82) is 0 Å². The molecule has 0 saturated carbocycles. The number of hydrogen-bond acceptors (Lipinski definition) is 7. The van der Waals surface area contributed by atoms with Gasteiger partial charge in [0.2, 0.25) is 11.9 Å². The maximum Gasteiger partial charge on any atom is 0.244 e. The molecule has 148 valence electrons. The number of carbonyl (C=O) groups excluding carboxylic acids is 1. The first kappa shape index (κ1) is 17.7. The Labute approximate surface area is 168 Å². The van der Waals surface area contributed by atoms with E-state index in [2.05, 4.69) is 10.2 Å². The van der Waals surface area contributed by atoms with E-state index in [1.165, 1.54) is 0 Å². The molecule has 2 aliphatic rings. The van der Waals surface area contributed by atoms with Crippen LogP contribution >= 0.6 is 0 Å². The smallest absolute Gasteiger partial charge is 0.244 e. The Hall–Kier alpha value is -3.39. The van der Waals surface area contributed by atoms with Gasteiger partial charge in [-0.3, -0.25) is 4.79 Å². The van der Waals surface area contributed by atoms with Crippen LogP contribution in [0.25, 0.3) is 10.9 Å². The molecule has 0 unspecified atom stereocenters. The molecule has 0 atom stereocenters. The van der Waals surface area contributed by atoms with Crippen LogP contribution in [0.1, 0.15) is 0 Å². The molecule has 1 amide bonds. The fourth-order valence-corrected chi connectivity index (χ4v) is 3.73. The number of rotatable bonds is 4. The van der Waals surface area contributed by atoms with E-state index >= 15 is 0 Å². The maximum absolute atomic E-state index is 12.4. The molecule has 0 aliphatic carbocycles. The van der Waals surface area contributed by atoms with Crippen LogP contribution in [0.15, 0.2) is 42.5 Å². The molecule has 0 spiro atoms. The van der Waals surface area contributed by atoms with Gasteiger partial charge in [0.15, 0.2) is 0 Å². The minimum atomic E-state index is -0.0987. The van der Waals surface area contributed by atoms with E-state index < -0.39 is 0 Å². The summed E-state index contributed by atoms with van der Waals surface area (Å²) in [6.45, 7) is 1.69. The van der Waals surface area contributed by atoms with Gasteiger partial charge >= 0.3 is 0 Å². The highest BCUT2D eigenvalue weighted by Gasteiger charge is 2.31. The highest BCUT2D eigenvalue weighted by molar-refractivity contribution is 6.06. The van der Waals surface area contributed by atoms with Crippen LogP contribution in [0, 0.1) is 0 Å². The third kappa shape index (κ3) is 3.01. The Morgan fingerprint density at radius 2 is 1.93 bits per heavy atom. The first-order valence-corrected chi connectivity index (χ1v) is 9.46. The fourth-order valence-electron chi connectivity index (χ4n) is 3.73. The average Bonchev–Trinajstić information content (AvgIpc) is 2.71. The molecular weight excluding hydrogens is 370 g/mol. The number of nitrogens with zero attached hydrogens (tertiary/aromatic N) is 4. The van der Waals surface area contributed by atoms with Gasteiger partial charge in [-0.2, -0.15) is 4.98 Å². The van der Waals surface area contributed by atoms with Crippen molar-refractivity contribution in [2.75, 3.05) is 49.0 Å². The van der Waals surface area contributed by atoms with E-state index in [4.69, 9.17) is 19.4 Å². The fraction of sp³-hybridized carbons (Fsp3) is 0.286. The lowest BCUT2D eigenvalue weighted by molar-refractivity contribution is -0.115. The molecule has 8 heteroatoms. The van der Waals surface area contributed by atoms with Gasteiger partial charge in [0, 0.05) is 31.7 Å². The lowest BCUT2D eigenvalue weighted by atomic mass is 10.1. The number of anilines is 4. The lowest BCUT2D eigenvalue weighted by Gasteiger charge is -2.39. The summed E-state index contributed by atoms with van der Waals surface area (Å²) in [6.07, 6.45) is 0.197. The predicted octanol–water partition coefficient (Wildman–Crippen LogP) is 2.56. The molecule has 0 bridgehead atoms. The van der Waals surface area contributed by atoms with Crippen LogP contribution in [-0.2, 0) is 9.53 Å². The van der Waals surface area contributed by atoms with Crippen LogP contribution in [0.5, 0.6) is 5.75 Å². The Bertz CT molecular complexity index is 1100. The molecule has 1 aromatic heterocycles. The van der Waals surface area contributed by atoms with Crippen molar-refractivity contribution < 1.29 is 14.3 Å². The van der Waals surface area contributed by atoms with Crippen molar-refractivity contribution in [3.63, 3.8) is 0 Å². The summed E-state index contributed by atoms with van der Waals surface area (Å²) in [5.74, 6) is 1.95. The molecule has 1 saturated heterocycles. The van der Waals surface area contributed by atoms with Gasteiger partial charge in [-0.25, -0.2) is 4.98 Å². The van der Waals surface area contributed by atoms with Crippen LogP contribution in [0.3, 0.4) is 0 Å². The van der Waals surface area contributed by atoms with Gasteiger partial charge in [-0.1, -0.05) is 12.1 Å². The second kappa shape index (κ2) is 6.89. The zero-order valence-electron chi connectivity index (χ0n) is 16.3. The van der Waals surface area contributed by atoms with Crippen molar-refractivity contribution in [2.24, 2.45) is 0 Å². The summed E-state index contributed by atoms with van der Waals surface area (Å²) >= 11 is 0. The number of nitrogens with one attached hydrogen (secondary N) is 1. The zero-order chi connectivity index (χ0) is 20.0. The zero-order valence-corrected chi connectivity index (χ0v) is 16.3. The third-order valence-corrected chi connectivity index (χ3v) is 5.36. The number of para-hydroxylation sites is 1. The summed E-state index contributed by atoms with van der Waals surface area (Å²) in [6, 6.07) is 13.5. The van der Waals surface area contributed by atoms with E-state index in [0.717, 1.165) is 29.7 Å². The second-order valence-corrected chi connectivity index (χ2v) is 7.14. The van der Waals surface area contributed by atoms with E-state index in [-0.39, 0.29) is 18.6 Å². The normalized spacial score (nSPS) is 16.4. The number of fused-ring (bicyclic) bond motifs is 2. The number of hydrogen-bond donors (Lipinski definition) is 1. The molecule has 2 aromatic carbocycles. The van der Waals surface area contributed by atoms with E-state index in [1.807, 2.05) is 47.4 Å². The second-order valence-electron chi connectivity index (χ2n) is 7.14. The number of methoxy groups -OCH3 is 2. The summed E-state index contributed by atoms with van der Waals surface area (Å²) in [5, 5.41) is 3.82. The van der Waals surface area contributed by atoms with Crippen LogP contribution < -0.4 is 19.9 Å². The number of aromatic nitrogens is 2. The molecule has 2 aliphatic heterocycles. The summed E-state index contributed by atoms with van der Waals surface area (Å²) in [5.41, 5.74) is 2.42. The molecule has 3 heterocycles. The molecular formula is C21H21N5O3. The maximum atomic E-state index is 12.4. The van der Waals surface area contributed by atoms with Gasteiger partial charge in [-0.15, -0.1) is 0 Å². The quantitative estimate of drug-likeness (QED) is 0.732. The summed E-state index contributed by atoms with van der Waals surface area (Å²) in [7, 11) is 3.32. The molecule has 5 rings (SSSR count). The Morgan fingerprint density at radius 3 is 2.72 bits per heavy atom. The highest BCUT2D eigenvalue weighted by Crippen LogP contribution is 2.39. The van der Waals surface area contributed by atoms with Crippen molar-refractivity contribution in [3.8, 4) is 5.75 Å². The van der Waals surface area contributed by atoms with Gasteiger partial charge in [0.25, 0.3) is 0 Å². The summed E-state index contributed by atoms with van der Waals surface area (Å²) in [4.78, 5) is 26.1. The van der Waals surface area contributed by atoms with Crippen molar-refractivity contribution in [2.45, 2.75) is 6.10 Å². The number of ether oxygens (including phenoxy) is 2. The molecule has 0 radical (unpaired) electrons. The number of benzene rings is 2. The van der Waals surface area contributed by atoms with Crippen LogP contribution in [0.4, 0.5) is 23.1 Å². The van der Waals surface area contributed by atoms with Crippen molar-refractivity contribution in [1.82, 2.24) is 9.97 Å². The minimum absolute atomic E-state index is 0.0987. The largest absolute Gasteiger partial charge is 0.497 e. The van der Waals surface area contributed by atoms with Gasteiger partial charge in [-0.05, 0) is 24.3 Å². The van der Waals surface area contributed by atoms with E-state index in [1.54, 1.807) is 14.2 Å². The average molecular weight is 391 g/mol. The third-order valence-electron chi connectivity index (χ3n) is 5.36. The van der Waals surface area contributed by atoms with E-state index in [9.17, 15) is 4.79 Å². The van der Waals surface area contributed by atoms with Crippen molar-refractivity contribution >= 4 is 40.0 Å². The molecule has 1 N–H and O–H groups in total. The first-order chi connectivity index (χ1) is 14.2. The minimum Gasteiger partial charge on any atom is -0.497 e. The molecule has 3 aromatic rings. The summed E-state index contributed by atoms with van der Waals surface area (Å²) < 4.78 is 10.7. The van der Waals surface area contributed by atoms with Gasteiger partial charge in [0.05, 0.1) is 30.1 Å². The monoisotopic (exact) mass is 391 g/mol. The van der Waals surface area contributed by atoms with Gasteiger partial charge in [0.1, 0.15) is 18.1 Å². The molecule has 8 nitrogen and oxygen atoms in total. The molecule has 29 heavy (non-hydrogen) atoms. The first-order valence-electron chi connectivity index (χ1n) is 9.46. The SMILES string of the molecule is COc1ccc2c(c1)NC(=O)CN2c1nc(N2CC(OC)C2)nc2ccccc12. The Balaban J connectivity index is 1.64. The lowest BCUT2D eigenvalue weighted by Crippen LogP contribution is -2.52. The Morgan fingerprint density at radius 1 is 1.10 bits per heavy atom.